The second-order valence-electron chi connectivity index (χ2n) is 4.77. The van der Waals surface area contributed by atoms with Gasteiger partial charge in [0.15, 0.2) is 0 Å². The van der Waals surface area contributed by atoms with Crippen molar-refractivity contribution < 1.29 is 9.53 Å². The molecule has 6 nitrogen and oxygen atoms in total. The van der Waals surface area contributed by atoms with Crippen molar-refractivity contribution in [3.8, 4) is 0 Å². The summed E-state index contributed by atoms with van der Waals surface area (Å²) in [5.74, 6) is 0.607. The fourth-order valence-corrected chi connectivity index (χ4v) is 2.23. The first-order chi connectivity index (χ1) is 9.24. The molecule has 1 unspecified atom stereocenters. The second-order valence-corrected chi connectivity index (χ2v) is 5.15. The zero-order chi connectivity index (χ0) is 13.2. The van der Waals surface area contributed by atoms with Crippen LogP contribution >= 0.6 is 11.6 Å². The molecule has 1 aromatic heterocycles. The summed E-state index contributed by atoms with van der Waals surface area (Å²) in [6.07, 6.45) is 5.23. The van der Waals surface area contributed by atoms with Crippen molar-refractivity contribution in [2.75, 3.05) is 24.7 Å². The lowest BCUT2D eigenvalue weighted by Gasteiger charge is -2.35. The Labute approximate surface area is 116 Å². The first-order valence-corrected chi connectivity index (χ1v) is 6.74. The van der Waals surface area contributed by atoms with Gasteiger partial charge in [0.25, 0.3) is 0 Å². The van der Waals surface area contributed by atoms with Gasteiger partial charge in [-0.3, -0.25) is 9.78 Å². The van der Waals surface area contributed by atoms with Gasteiger partial charge in [0.1, 0.15) is 17.0 Å². The van der Waals surface area contributed by atoms with Crippen LogP contribution < -0.4 is 10.2 Å². The fraction of sp³-hybridized carbons (Fsp3) is 0.583. The van der Waals surface area contributed by atoms with Crippen molar-refractivity contribution in [2.24, 2.45) is 0 Å². The molecule has 1 amide bonds. The van der Waals surface area contributed by atoms with E-state index in [-0.39, 0.29) is 11.9 Å². The Kier molecular flexibility index (Phi) is 3.52. The van der Waals surface area contributed by atoms with Crippen LogP contribution in [0, 0.1) is 0 Å². The Hall–Kier alpha value is -1.40. The van der Waals surface area contributed by atoms with E-state index in [1.54, 1.807) is 6.20 Å². The number of anilines is 1. The molecule has 2 fully saturated rings. The van der Waals surface area contributed by atoms with Gasteiger partial charge in [0, 0.05) is 12.6 Å². The van der Waals surface area contributed by atoms with Gasteiger partial charge in [0.2, 0.25) is 5.91 Å². The van der Waals surface area contributed by atoms with E-state index >= 15 is 0 Å². The molecule has 1 saturated heterocycles. The number of aromatic nitrogens is 2. The summed E-state index contributed by atoms with van der Waals surface area (Å²) in [6, 6.07) is -0.0242. The molecule has 19 heavy (non-hydrogen) atoms. The Morgan fingerprint density at radius 1 is 1.47 bits per heavy atom. The first kappa shape index (κ1) is 12.6. The van der Waals surface area contributed by atoms with E-state index in [2.05, 4.69) is 15.3 Å². The Bertz CT molecular complexity index is 481. The average molecular weight is 283 g/mol. The number of carbonyl (C=O) groups is 1. The van der Waals surface area contributed by atoms with Gasteiger partial charge in [-0.15, -0.1) is 0 Å². The molecule has 102 valence electrons. The van der Waals surface area contributed by atoms with Gasteiger partial charge in [-0.1, -0.05) is 11.6 Å². The van der Waals surface area contributed by atoms with Crippen molar-refractivity contribution in [1.29, 1.82) is 0 Å². The summed E-state index contributed by atoms with van der Waals surface area (Å²) < 4.78 is 5.40. The normalized spacial score (nSPS) is 23.2. The van der Waals surface area contributed by atoms with E-state index in [0.29, 0.717) is 36.8 Å². The Morgan fingerprint density at radius 2 is 2.32 bits per heavy atom. The smallest absolute Gasteiger partial charge is 0.245 e. The molecule has 1 N–H and O–H groups in total. The number of ether oxygens (including phenoxy) is 1. The molecule has 0 radical (unpaired) electrons. The monoisotopic (exact) mass is 282 g/mol. The number of nitrogens with zero attached hydrogens (tertiary/aromatic N) is 3. The van der Waals surface area contributed by atoms with Crippen LogP contribution in [0.2, 0.25) is 5.15 Å². The third-order valence-corrected chi connectivity index (χ3v) is 3.42. The standard InChI is InChI=1S/C12H15ClN4O2/c13-10-5-14-6-11(16-10)17-3-4-19-7-9(17)12(18)15-8-1-2-8/h5-6,8-9H,1-4,7H2,(H,15,18). The number of nitrogens with one attached hydrogen (secondary N) is 1. The highest BCUT2D eigenvalue weighted by molar-refractivity contribution is 6.29. The summed E-state index contributed by atoms with van der Waals surface area (Å²) >= 11 is 5.85. The van der Waals surface area contributed by atoms with Gasteiger partial charge in [-0.2, -0.15) is 0 Å². The fourth-order valence-electron chi connectivity index (χ4n) is 2.09. The van der Waals surface area contributed by atoms with Crippen molar-refractivity contribution >= 4 is 23.3 Å². The molecule has 2 aliphatic rings. The largest absolute Gasteiger partial charge is 0.377 e. The van der Waals surface area contributed by atoms with Crippen LogP contribution in [0.4, 0.5) is 5.82 Å². The third-order valence-electron chi connectivity index (χ3n) is 3.24. The van der Waals surface area contributed by atoms with E-state index in [1.165, 1.54) is 6.20 Å². The SMILES string of the molecule is O=C(NC1CC1)C1COCCN1c1cncc(Cl)n1. The van der Waals surface area contributed by atoms with Crippen LogP contribution in [0.3, 0.4) is 0 Å². The zero-order valence-corrected chi connectivity index (χ0v) is 11.1. The maximum atomic E-state index is 12.2. The molecule has 1 atom stereocenters. The Morgan fingerprint density at radius 3 is 3.05 bits per heavy atom. The highest BCUT2D eigenvalue weighted by Gasteiger charge is 2.34. The summed E-state index contributed by atoms with van der Waals surface area (Å²) in [7, 11) is 0. The molecule has 1 aliphatic carbocycles. The van der Waals surface area contributed by atoms with Crippen molar-refractivity contribution in [2.45, 2.75) is 24.9 Å². The molecular formula is C12H15ClN4O2. The predicted octanol–water partition coefficient (Wildman–Crippen LogP) is 0.614. The van der Waals surface area contributed by atoms with E-state index in [4.69, 9.17) is 16.3 Å². The molecule has 0 aromatic carbocycles. The van der Waals surface area contributed by atoms with Gasteiger partial charge < -0.3 is 15.0 Å². The number of amides is 1. The molecule has 1 aromatic rings. The summed E-state index contributed by atoms with van der Waals surface area (Å²) in [4.78, 5) is 22.3. The topological polar surface area (TPSA) is 67.3 Å². The minimum absolute atomic E-state index is 0.0102. The van der Waals surface area contributed by atoms with Crippen molar-refractivity contribution in [1.82, 2.24) is 15.3 Å². The number of carbonyl (C=O) groups excluding carboxylic acids is 1. The maximum Gasteiger partial charge on any atom is 0.245 e. The third kappa shape index (κ3) is 2.96. The van der Waals surface area contributed by atoms with Gasteiger partial charge in [0.05, 0.1) is 25.6 Å². The molecule has 1 saturated carbocycles. The number of morpholine rings is 1. The van der Waals surface area contributed by atoms with Gasteiger partial charge in [-0.05, 0) is 12.8 Å². The van der Waals surface area contributed by atoms with Gasteiger partial charge in [-0.25, -0.2) is 4.98 Å². The summed E-state index contributed by atoms with van der Waals surface area (Å²) in [5, 5.41) is 3.32. The average Bonchev–Trinajstić information content (AvgIpc) is 3.23. The van der Waals surface area contributed by atoms with Crippen molar-refractivity contribution in [3.63, 3.8) is 0 Å². The lowest BCUT2D eigenvalue weighted by molar-refractivity contribution is -0.124. The molecule has 1 aliphatic heterocycles. The maximum absolute atomic E-state index is 12.2. The minimum atomic E-state index is -0.359. The highest BCUT2D eigenvalue weighted by atomic mass is 35.5. The van der Waals surface area contributed by atoms with Crippen LogP contribution in [0.15, 0.2) is 12.4 Å². The highest BCUT2D eigenvalue weighted by Crippen LogP contribution is 2.22. The number of hydrogen-bond donors (Lipinski definition) is 1. The number of hydrogen-bond acceptors (Lipinski definition) is 5. The summed E-state index contributed by atoms with van der Waals surface area (Å²) in [5.41, 5.74) is 0. The molecule has 0 bridgehead atoms. The predicted molar refractivity (Wildman–Crippen MR) is 70.2 cm³/mol. The van der Waals surface area contributed by atoms with Gasteiger partial charge >= 0.3 is 0 Å². The number of halogens is 1. The molecular weight excluding hydrogens is 268 g/mol. The van der Waals surface area contributed by atoms with Crippen molar-refractivity contribution in [3.05, 3.63) is 17.5 Å². The van der Waals surface area contributed by atoms with E-state index in [1.807, 2.05) is 4.90 Å². The molecule has 2 heterocycles. The first-order valence-electron chi connectivity index (χ1n) is 6.36. The van der Waals surface area contributed by atoms with E-state index in [0.717, 1.165) is 12.8 Å². The lowest BCUT2D eigenvalue weighted by Crippen LogP contribution is -2.54. The Balaban J connectivity index is 1.77. The second kappa shape index (κ2) is 5.30. The quantitative estimate of drug-likeness (QED) is 0.880. The van der Waals surface area contributed by atoms with Crippen LogP contribution in [0.25, 0.3) is 0 Å². The molecule has 0 spiro atoms. The minimum Gasteiger partial charge on any atom is -0.377 e. The molecule has 7 heteroatoms. The molecule has 3 rings (SSSR count). The zero-order valence-electron chi connectivity index (χ0n) is 10.4. The lowest BCUT2D eigenvalue weighted by atomic mass is 10.2. The van der Waals surface area contributed by atoms with Crippen LogP contribution in [-0.4, -0.2) is 47.7 Å². The van der Waals surface area contributed by atoms with E-state index in [9.17, 15) is 4.79 Å². The van der Waals surface area contributed by atoms with Crippen LogP contribution in [-0.2, 0) is 9.53 Å². The number of rotatable bonds is 3. The summed E-state index contributed by atoms with van der Waals surface area (Å²) in [6.45, 7) is 1.55. The van der Waals surface area contributed by atoms with Crippen LogP contribution in [0.5, 0.6) is 0 Å². The van der Waals surface area contributed by atoms with E-state index < -0.39 is 0 Å². The van der Waals surface area contributed by atoms with Crippen LogP contribution in [0.1, 0.15) is 12.8 Å².